The van der Waals surface area contributed by atoms with Gasteiger partial charge in [-0.2, -0.15) is 0 Å². The SMILES string of the molecule is COc1ccccc1C(=O)Nn1c(C2CCCCC2)nc2ccccc2c1=O. The monoisotopic (exact) mass is 377 g/mol. The Bertz CT molecular complexity index is 1070. The molecule has 1 fully saturated rings. The van der Waals surface area contributed by atoms with Crippen molar-refractivity contribution in [2.75, 3.05) is 12.5 Å². The second-order valence-corrected chi connectivity index (χ2v) is 7.10. The molecular formula is C22H23N3O3. The molecule has 28 heavy (non-hydrogen) atoms. The molecule has 0 bridgehead atoms. The lowest BCUT2D eigenvalue weighted by molar-refractivity contribution is 0.100. The van der Waals surface area contributed by atoms with Crippen LogP contribution < -0.4 is 15.7 Å². The molecule has 0 atom stereocenters. The highest BCUT2D eigenvalue weighted by atomic mass is 16.5. The van der Waals surface area contributed by atoms with E-state index in [1.54, 1.807) is 36.4 Å². The molecular weight excluding hydrogens is 354 g/mol. The van der Waals surface area contributed by atoms with Gasteiger partial charge < -0.3 is 4.74 Å². The number of nitrogens with zero attached hydrogens (tertiary/aromatic N) is 2. The molecule has 6 heteroatoms. The van der Waals surface area contributed by atoms with Gasteiger partial charge in [0.1, 0.15) is 11.6 Å². The van der Waals surface area contributed by atoms with Crippen molar-refractivity contribution >= 4 is 16.8 Å². The van der Waals surface area contributed by atoms with E-state index in [0.717, 1.165) is 25.7 Å². The van der Waals surface area contributed by atoms with Gasteiger partial charge in [0, 0.05) is 5.92 Å². The first-order valence-electron chi connectivity index (χ1n) is 9.65. The Kier molecular flexibility index (Phi) is 5.10. The minimum atomic E-state index is -0.395. The summed E-state index contributed by atoms with van der Waals surface area (Å²) < 4.78 is 6.63. The first kappa shape index (κ1) is 18.2. The number of hydrogen-bond acceptors (Lipinski definition) is 4. The number of ether oxygens (including phenoxy) is 1. The van der Waals surface area contributed by atoms with Crippen molar-refractivity contribution in [3.05, 3.63) is 70.3 Å². The van der Waals surface area contributed by atoms with Gasteiger partial charge in [-0.15, -0.1) is 0 Å². The third kappa shape index (κ3) is 3.38. The highest BCUT2D eigenvalue weighted by Crippen LogP contribution is 2.31. The third-order valence-corrected chi connectivity index (χ3v) is 5.34. The van der Waals surface area contributed by atoms with Gasteiger partial charge >= 0.3 is 0 Å². The van der Waals surface area contributed by atoms with E-state index in [-0.39, 0.29) is 11.5 Å². The molecule has 1 saturated carbocycles. The van der Waals surface area contributed by atoms with E-state index in [2.05, 4.69) is 5.43 Å². The molecule has 1 aromatic heterocycles. The molecule has 1 heterocycles. The number of aromatic nitrogens is 2. The van der Waals surface area contributed by atoms with Crippen molar-refractivity contribution in [3.63, 3.8) is 0 Å². The van der Waals surface area contributed by atoms with Crippen LogP contribution >= 0.6 is 0 Å². The molecule has 1 aliphatic carbocycles. The van der Waals surface area contributed by atoms with Crippen molar-refractivity contribution < 1.29 is 9.53 Å². The second kappa shape index (κ2) is 7.84. The predicted molar refractivity (Wildman–Crippen MR) is 109 cm³/mol. The maximum Gasteiger partial charge on any atom is 0.280 e. The Morgan fingerprint density at radius 2 is 1.79 bits per heavy atom. The van der Waals surface area contributed by atoms with Crippen LogP contribution in [0.5, 0.6) is 5.75 Å². The molecule has 144 valence electrons. The summed E-state index contributed by atoms with van der Waals surface area (Å²) >= 11 is 0. The summed E-state index contributed by atoms with van der Waals surface area (Å²) in [5.74, 6) is 0.852. The van der Waals surface area contributed by atoms with E-state index >= 15 is 0 Å². The molecule has 0 unspecified atom stereocenters. The average molecular weight is 377 g/mol. The number of amides is 1. The summed E-state index contributed by atoms with van der Waals surface area (Å²) in [6, 6.07) is 14.2. The van der Waals surface area contributed by atoms with Gasteiger partial charge in [0.05, 0.1) is 23.6 Å². The van der Waals surface area contributed by atoms with Gasteiger partial charge in [-0.1, -0.05) is 43.5 Å². The lowest BCUT2D eigenvalue weighted by atomic mass is 9.88. The predicted octanol–water partition coefficient (Wildman–Crippen LogP) is 3.84. The zero-order valence-electron chi connectivity index (χ0n) is 15.9. The van der Waals surface area contributed by atoms with Crippen LogP contribution in [0.25, 0.3) is 10.9 Å². The van der Waals surface area contributed by atoms with Gasteiger partial charge in [-0.3, -0.25) is 15.0 Å². The molecule has 1 aliphatic rings. The van der Waals surface area contributed by atoms with Crippen LogP contribution in [0.15, 0.2) is 53.3 Å². The minimum Gasteiger partial charge on any atom is -0.496 e. The summed E-state index contributed by atoms with van der Waals surface area (Å²) in [6.45, 7) is 0. The lowest BCUT2D eigenvalue weighted by Crippen LogP contribution is -2.37. The van der Waals surface area contributed by atoms with E-state index in [1.165, 1.54) is 18.2 Å². The first-order chi connectivity index (χ1) is 13.7. The average Bonchev–Trinajstić information content (AvgIpc) is 2.76. The minimum absolute atomic E-state index is 0.157. The van der Waals surface area contributed by atoms with Gasteiger partial charge in [0.15, 0.2) is 0 Å². The van der Waals surface area contributed by atoms with Gasteiger partial charge in [0.2, 0.25) is 0 Å². The number of para-hydroxylation sites is 2. The second-order valence-electron chi connectivity index (χ2n) is 7.10. The summed E-state index contributed by atoms with van der Waals surface area (Å²) in [6.07, 6.45) is 5.34. The standard InChI is InChI=1S/C22H23N3O3/c1-28-19-14-8-6-12-17(19)21(26)24-25-20(15-9-3-2-4-10-15)23-18-13-7-5-11-16(18)22(25)27/h5-8,11-15H,2-4,9-10H2,1H3,(H,24,26). The maximum atomic E-state index is 13.2. The molecule has 6 nitrogen and oxygen atoms in total. The highest BCUT2D eigenvalue weighted by Gasteiger charge is 2.24. The fourth-order valence-corrected chi connectivity index (χ4v) is 3.89. The first-order valence-corrected chi connectivity index (χ1v) is 9.65. The topological polar surface area (TPSA) is 73.2 Å². The Labute approximate surface area is 163 Å². The van der Waals surface area contributed by atoms with Crippen LogP contribution in [0.3, 0.4) is 0 Å². The zero-order valence-corrected chi connectivity index (χ0v) is 15.9. The van der Waals surface area contributed by atoms with Crippen molar-refractivity contribution in [2.24, 2.45) is 0 Å². The molecule has 0 radical (unpaired) electrons. The fourth-order valence-electron chi connectivity index (χ4n) is 3.89. The Balaban J connectivity index is 1.81. The number of hydrogen-bond donors (Lipinski definition) is 1. The van der Waals surface area contributed by atoms with Crippen molar-refractivity contribution in [3.8, 4) is 5.75 Å². The van der Waals surface area contributed by atoms with Crippen LogP contribution in [0.1, 0.15) is 54.2 Å². The van der Waals surface area contributed by atoms with E-state index in [4.69, 9.17) is 9.72 Å². The normalized spacial score (nSPS) is 14.8. The molecule has 1 amide bonds. The molecule has 4 rings (SSSR count). The number of benzene rings is 2. The summed E-state index contributed by atoms with van der Waals surface area (Å²) in [5, 5.41) is 0.488. The molecule has 0 spiro atoms. The lowest BCUT2D eigenvalue weighted by Gasteiger charge is -2.24. The van der Waals surface area contributed by atoms with E-state index in [0.29, 0.717) is 28.0 Å². The van der Waals surface area contributed by atoms with Gasteiger partial charge in [-0.25, -0.2) is 9.66 Å². The maximum absolute atomic E-state index is 13.2. The summed E-state index contributed by atoms with van der Waals surface area (Å²) in [7, 11) is 1.52. The quantitative estimate of drug-likeness (QED) is 0.750. The molecule has 2 aromatic carbocycles. The van der Waals surface area contributed by atoms with E-state index < -0.39 is 5.91 Å². The molecule has 0 saturated heterocycles. The van der Waals surface area contributed by atoms with Gasteiger partial charge in [0.25, 0.3) is 11.5 Å². The Morgan fingerprint density at radius 1 is 1.07 bits per heavy atom. The van der Waals surface area contributed by atoms with Crippen LogP contribution in [0, 0.1) is 0 Å². The van der Waals surface area contributed by atoms with Crippen molar-refractivity contribution in [2.45, 2.75) is 38.0 Å². The molecule has 3 aromatic rings. The van der Waals surface area contributed by atoms with Crippen LogP contribution in [-0.4, -0.2) is 22.7 Å². The Hall–Kier alpha value is -3.15. The zero-order chi connectivity index (χ0) is 19.5. The third-order valence-electron chi connectivity index (χ3n) is 5.34. The summed E-state index contributed by atoms with van der Waals surface area (Å²) in [4.78, 5) is 30.9. The molecule has 1 N–H and O–H groups in total. The smallest absolute Gasteiger partial charge is 0.280 e. The number of fused-ring (bicyclic) bond motifs is 1. The van der Waals surface area contributed by atoms with Crippen LogP contribution in [0.2, 0.25) is 0 Å². The van der Waals surface area contributed by atoms with Crippen LogP contribution in [-0.2, 0) is 0 Å². The Morgan fingerprint density at radius 3 is 2.57 bits per heavy atom. The number of carbonyl (C=O) groups is 1. The van der Waals surface area contributed by atoms with Crippen molar-refractivity contribution in [1.29, 1.82) is 0 Å². The number of nitrogens with one attached hydrogen (secondary N) is 1. The van der Waals surface area contributed by atoms with Crippen molar-refractivity contribution in [1.82, 2.24) is 9.66 Å². The van der Waals surface area contributed by atoms with E-state index in [9.17, 15) is 9.59 Å². The number of carbonyl (C=O) groups excluding carboxylic acids is 1. The number of methoxy groups -OCH3 is 1. The van der Waals surface area contributed by atoms with E-state index in [1.807, 2.05) is 12.1 Å². The van der Waals surface area contributed by atoms with Crippen LogP contribution in [0.4, 0.5) is 0 Å². The fraction of sp³-hybridized carbons (Fsp3) is 0.318. The summed E-state index contributed by atoms with van der Waals surface area (Å²) in [5.41, 5.74) is 3.56. The highest BCUT2D eigenvalue weighted by molar-refractivity contribution is 6.02. The van der Waals surface area contributed by atoms with Gasteiger partial charge in [-0.05, 0) is 37.1 Å². The number of rotatable bonds is 4. The largest absolute Gasteiger partial charge is 0.496 e. The molecule has 0 aliphatic heterocycles.